The first-order chi connectivity index (χ1) is 5.41. The molecule has 0 amide bonds. The molecule has 0 atom stereocenters. The minimum absolute atomic E-state index is 0. The van der Waals surface area contributed by atoms with Crippen LogP contribution in [-0.2, 0) is 9.47 Å². The summed E-state index contributed by atoms with van der Waals surface area (Å²) in [5.41, 5.74) is 0. The molecule has 0 aromatic rings. The van der Waals surface area contributed by atoms with Crippen molar-refractivity contribution in [1.82, 2.24) is 0 Å². The zero-order valence-electron chi connectivity index (χ0n) is 8.59. The number of aliphatic hydroxyl groups is 1. The van der Waals surface area contributed by atoms with Crippen molar-refractivity contribution in [2.75, 3.05) is 33.0 Å². The first kappa shape index (κ1) is 19.7. The van der Waals surface area contributed by atoms with Crippen LogP contribution in [0.25, 0.3) is 0 Å². The first-order valence-electron chi connectivity index (χ1n) is 4.18. The molecule has 0 fully saturated rings. The van der Waals surface area contributed by atoms with Gasteiger partial charge in [0.1, 0.15) is 0 Å². The molecule has 0 saturated heterocycles. The molecular formula is C8H18ClNaO3. The van der Waals surface area contributed by atoms with Crippen molar-refractivity contribution in [2.24, 2.45) is 0 Å². The third-order valence-corrected chi connectivity index (χ3v) is 1.25. The van der Waals surface area contributed by atoms with Gasteiger partial charge in [0.25, 0.3) is 0 Å². The molecule has 0 unspecified atom stereocenters. The van der Waals surface area contributed by atoms with E-state index in [-0.39, 0.29) is 48.6 Å². The van der Waals surface area contributed by atoms with Gasteiger partial charge in [-0.15, -0.1) is 0 Å². The van der Waals surface area contributed by atoms with Crippen LogP contribution in [0.3, 0.4) is 0 Å². The SMILES string of the molecule is CCCCOCCOCCO.[Cl-].[Na+]. The number of rotatable bonds is 8. The molecule has 0 aliphatic carbocycles. The average Bonchev–Trinajstić information content (AvgIpc) is 2.03. The fraction of sp³-hybridized carbons (Fsp3) is 1.00. The van der Waals surface area contributed by atoms with Crippen molar-refractivity contribution < 1.29 is 56.5 Å². The Labute approximate surface area is 109 Å². The number of hydrogen-bond acceptors (Lipinski definition) is 3. The normalized spacial score (nSPS) is 8.77. The summed E-state index contributed by atoms with van der Waals surface area (Å²) in [4.78, 5) is 0. The number of ether oxygens (including phenoxy) is 2. The van der Waals surface area contributed by atoms with E-state index in [4.69, 9.17) is 14.6 Å². The molecule has 0 rings (SSSR count). The monoisotopic (exact) mass is 220 g/mol. The summed E-state index contributed by atoms with van der Waals surface area (Å²) in [6.07, 6.45) is 2.28. The molecule has 76 valence electrons. The zero-order chi connectivity index (χ0) is 8.36. The summed E-state index contributed by atoms with van der Waals surface area (Å²) >= 11 is 0. The third kappa shape index (κ3) is 19.5. The fourth-order valence-electron chi connectivity index (χ4n) is 0.633. The van der Waals surface area contributed by atoms with Crippen LogP contribution >= 0.6 is 0 Å². The van der Waals surface area contributed by atoms with Crippen LogP contribution in [0, 0.1) is 0 Å². The molecule has 0 heterocycles. The van der Waals surface area contributed by atoms with E-state index in [0.29, 0.717) is 19.8 Å². The van der Waals surface area contributed by atoms with Crippen molar-refractivity contribution in [3.63, 3.8) is 0 Å². The zero-order valence-corrected chi connectivity index (χ0v) is 11.3. The first-order valence-corrected chi connectivity index (χ1v) is 4.18. The molecule has 5 heteroatoms. The van der Waals surface area contributed by atoms with E-state index in [1.54, 1.807) is 0 Å². The Bertz CT molecular complexity index is 68.4. The molecule has 1 N–H and O–H groups in total. The maximum Gasteiger partial charge on any atom is 1.00 e. The summed E-state index contributed by atoms with van der Waals surface area (Å²) in [6, 6.07) is 0. The van der Waals surface area contributed by atoms with E-state index in [9.17, 15) is 0 Å². The quantitative estimate of drug-likeness (QED) is 0.329. The Morgan fingerprint density at radius 1 is 1.00 bits per heavy atom. The summed E-state index contributed by atoms with van der Waals surface area (Å²) < 4.78 is 10.2. The number of hydrogen-bond donors (Lipinski definition) is 1. The molecule has 13 heavy (non-hydrogen) atoms. The minimum atomic E-state index is 0. The molecular weight excluding hydrogens is 203 g/mol. The van der Waals surface area contributed by atoms with Crippen LogP contribution in [0.15, 0.2) is 0 Å². The summed E-state index contributed by atoms with van der Waals surface area (Å²) in [7, 11) is 0. The Morgan fingerprint density at radius 3 is 2.00 bits per heavy atom. The van der Waals surface area contributed by atoms with Gasteiger partial charge in [-0.3, -0.25) is 0 Å². The molecule has 0 radical (unpaired) electrons. The molecule has 3 nitrogen and oxygen atoms in total. The Hall–Kier alpha value is 1.17. The van der Waals surface area contributed by atoms with Crippen molar-refractivity contribution >= 4 is 0 Å². The second-order valence-electron chi connectivity index (χ2n) is 2.30. The van der Waals surface area contributed by atoms with Crippen LogP contribution < -0.4 is 42.0 Å². The molecule has 0 aliphatic heterocycles. The summed E-state index contributed by atoms with van der Waals surface area (Å²) in [5, 5.41) is 8.34. The van der Waals surface area contributed by atoms with E-state index in [2.05, 4.69) is 6.92 Å². The number of aliphatic hydroxyl groups excluding tert-OH is 1. The summed E-state index contributed by atoms with van der Waals surface area (Å²) in [5.74, 6) is 0. The van der Waals surface area contributed by atoms with Crippen LogP contribution in [0.2, 0.25) is 0 Å². The van der Waals surface area contributed by atoms with E-state index < -0.39 is 0 Å². The van der Waals surface area contributed by atoms with Crippen LogP contribution in [0.4, 0.5) is 0 Å². The van der Waals surface area contributed by atoms with Gasteiger partial charge in [0.05, 0.1) is 26.4 Å². The Balaban J connectivity index is -0.000000500. The molecule has 0 aromatic carbocycles. The van der Waals surface area contributed by atoms with E-state index in [1.807, 2.05) is 0 Å². The van der Waals surface area contributed by atoms with E-state index >= 15 is 0 Å². The topological polar surface area (TPSA) is 38.7 Å². The van der Waals surface area contributed by atoms with E-state index in [0.717, 1.165) is 19.4 Å². The van der Waals surface area contributed by atoms with Crippen molar-refractivity contribution in [3.05, 3.63) is 0 Å². The minimum Gasteiger partial charge on any atom is -1.00 e. The predicted octanol–water partition coefficient (Wildman–Crippen LogP) is -5.18. The van der Waals surface area contributed by atoms with Gasteiger partial charge >= 0.3 is 29.6 Å². The summed E-state index contributed by atoms with van der Waals surface area (Å²) in [6.45, 7) is 4.68. The fourth-order valence-corrected chi connectivity index (χ4v) is 0.633. The van der Waals surface area contributed by atoms with Gasteiger partial charge in [-0.25, -0.2) is 0 Å². The standard InChI is InChI=1S/C8H18O3.ClH.Na/c1-2-3-5-10-7-8-11-6-4-9;;/h9H,2-8H2,1H3;1H;/q;;+1/p-1. The van der Waals surface area contributed by atoms with Gasteiger partial charge in [-0.2, -0.15) is 0 Å². The number of unbranched alkanes of at least 4 members (excludes halogenated alkanes) is 1. The maximum atomic E-state index is 8.34. The van der Waals surface area contributed by atoms with Crippen LogP contribution in [0.5, 0.6) is 0 Å². The Kier molecular flexibility index (Phi) is 28.6. The van der Waals surface area contributed by atoms with Crippen molar-refractivity contribution in [1.29, 1.82) is 0 Å². The van der Waals surface area contributed by atoms with Gasteiger partial charge in [0.15, 0.2) is 0 Å². The van der Waals surface area contributed by atoms with Crippen LogP contribution in [-0.4, -0.2) is 38.1 Å². The molecule has 0 spiro atoms. The van der Waals surface area contributed by atoms with Gasteiger partial charge in [-0.1, -0.05) is 13.3 Å². The third-order valence-electron chi connectivity index (χ3n) is 1.25. The van der Waals surface area contributed by atoms with Crippen molar-refractivity contribution in [3.8, 4) is 0 Å². The van der Waals surface area contributed by atoms with Crippen LogP contribution in [0.1, 0.15) is 19.8 Å². The molecule has 0 aromatic heterocycles. The van der Waals surface area contributed by atoms with Gasteiger partial charge in [0.2, 0.25) is 0 Å². The predicted molar refractivity (Wildman–Crippen MR) is 43.6 cm³/mol. The molecule has 0 bridgehead atoms. The number of halogens is 1. The molecule has 0 aliphatic rings. The molecule has 0 saturated carbocycles. The van der Waals surface area contributed by atoms with Gasteiger partial charge in [-0.05, 0) is 6.42 Å². The van der Waals surface area contributed by atoms with E-state index in [1.165, 1.54) is 0 Å². The van der Waals surface area contributed by atoms with Gasteiger partial charge in [0, 0.05) is 6.61 Å². The average molecular weight is 221 g/mol. The smallest absolute Gasteiger partial charge is 1.00 e. The second kappa shape index (κ2) is 18.9. The maximum absolute atomic E-state index is 8.34. The second-order valence-corrected chi connectivity index (χ2v) is 2.30. The Morgan fingerprint density at radius 2 is 1.54 bits per heavy atom. The van der Waals surface area contributed by atoms with Crippen molar-refractivity contribution in [2.45, 2.75) is 19.8 Å². The largest absolute Gasteiger partial charge is 1.00 e. The van der Waals surface area contributed by atoms with Gasteiger partial charge < -0.3 is 27.0 Å².